The number of hydrogen-bond donors (Lipinski definition) is 1. The SMILES string of the molecule is CCOC(=O)c1ccc(NC(=O)/C(C#N)=C/c2ccc(OC)cc2OCc2ccccc2F)cc1. The van der Waals surface area contributed by atoms with Gasteiger partial charge in [0.15, 0.2) is 0 Å². The van der Waals surface area contributed by atoms with Crippen molar-refractivity contribution < 1.29 is 28.2 Å². The average molecular weight is 474 g/mol. The number of esters is 1. The standard InChI is InChI=1S/C27H23FN2O5/c1-3-34-27(32)18-8-11-22(12-9-18)30-26(31)21(16-29)14-19-10-13-23(33-2)15-25(19)35-17-20-6-4-5-7-24(20)28/h4-15H,3,17H2,1-2H3,(H,30,31)/b21-14+. The molecule has 0 aliphatic heterocycles. The molecule has 3 aromatic rings. The lowest BCUT2D eigenvalue weighted by Gasteiger charge is -2.12. The van der Waals surface area contributed by atoms with Gasteiger partial charge in [0.1, 0.15) is 35.6 Å². The number of anilines is 1. The number of carbonyl (C=O) groups is 2. The fourth-order valence-corrected chi connectivity index (χ4v) is 3.06. The minimum Gasteiger partial charge on any atom is -0.497 e. The first kappa shape index (κ1) is 25.0. The number of halogens is 1. The number of carbonyl (C=O) groups excluding carboxylic acids is 2. The molecule has 0 spiro atoms. The average Bonchev–Trinajstić information content (AvgIpc) is 2.87. The molecular formula is C27H23FN2O5. The van der Waals surface area contributed by atoms with Gasteiger partial charge >= 0.3 is 5.97 Å². The summed E-state index contributed by atoms with van der Waals surface area (Å²) in [5, 5.41) is 12.2. The van der Waals surface area contributed by atoms with Crippen molar-refractivity contribution in [2.24, 2.45) is 0 Å². The van der Waals surface area contributed by atoms with E-state index in [4.69, 9.17) is 14.2 Å². The van der Waals surface area contributed by atoms with Gasteiger partial charge in [0.25, 0.3) is 5.91 Å². The normalized spacial score (nSPS) is 10.7. The van der Waals surface area contributed by atoms with Crippen molar-refractivity contribution in [1.82, 2.24) is 0 Å². The van der Waals surface area contributed by atoms with Crippen molar-refractivity contribution >= 4 is 23.6 Å². The molecule has 0 aliphatic carbocycles. The first-order valence-corrected chi connectivity index (χ1v) is 10.7. The molecule has 0 unspecified atom stereocenters. The molecule has 0 aromatic heterocycles. The molecule has 0 saturated carbocycles. The smallest absolute Gasteiger partial charge is 0.338 e. The van der Waals surface area contributed by atoms with Crippen LogP contribution in [0.15, 0.2) is 72.3 Å². The predicted octanol–water partition coefficient (Wildman–Crippen LogP) is 5.14. The van der Waals surface area contributed by atoms with Crippen LogP contribution in [-0.2, 0) is 16.1 Å². The molecule has 8 heteroatoms. The van der Waals surface area contributed by atoms with Crippen LogP contribution in [-0.4, -0.2) is 25.6 Å². The summed E-state index contributed by atoms with van der Waals surface area (Å²) in [7, 11) is 1.49. The Balaban J connectivity index is 1.80. The van der Waals surface area contributed by atoms with Crippen molar-refractivity contribution in [3.8, 4) is 17.6 Å². The molecule has 1 N–H and O–H groups in total. The van der Waals surface area contributed by atoms with Crippen LogP contribution in [0.2, 0.25) is 0 Å². The molecule has 3 rings (SSSR count). The van der Waals surface area contributed by atoms with Gasteiger partial charge in [-0.3, -0.25) is 4.79 Å². The summed E-state index contributed by atoms with van der Waals surface area (Å²) in [4.78, 5) is 24.5. The Morgan fingerprint density at radius 1 is 1.09 bits per heavy atom. The molecule has 0 radical (unpaired) electrons. The van der Waals surface area contributed by atoms with E-state index in [1.165, 1.54) is 43.5 Å². The summed E-state index contributed by atoms with van der Waals surface area (Å²) >= 11 is 0. The van der Waals surface area contributed by atoms with Crippen LogP contribution in [0.25, 0.3) is 6.08 Å². The van der Waals surface area contributed by atoms with Gasteiger partial charge in [-0.2, -0.15) is 5.26 Å². The van der Waals surface area contributed by atoms with Crippen molar-refractivity contribution in [1.29, 1.82) is 5.26 Å². The Morgan fingerprint density at radius 2 is 1.83 bits per heavy atom. The Kier molecular flexibility index (Phi) is 8.57. The predicted molar refractivity (Wildman–Crippen MR) is 128 cm³/mol. The van der Waals surface area contributed by atoms with Crippen molar-refractivity contribution in [2.45, 2.75) is 13.5 Å². The molecule has 3 aromatic carbocycles. The summed E-state index contributed by atoms with van der Waals surface area (Å²) in [5.74, 6) is -0.710. The number of hydrogen-bond acceptors (Lipinski definition) is 6. The molecule has 0 atom stereocenters. The highest BCUT2D eigenvalue weighted by molar-refractivity contribution is 6.10. The fraction of sp³-hybridized carbons (Fsp3) is 0.148. The number of amides is 1. The molecular weight excluding hydrogens is 451 g/mol. The zero-order chi connectivity index (χ0) is 25.2. The molecule has 0 bridgehead atoms. The molecule has 7 nitrogen and oxygen atoms in total. The third-order valence-corrected chi connectivity index (χ3v) is 4.88. The maximum atomic E-state index is 14.0. The van der Waals surface area contributed by atoms with Gasteiger partial charge in [0, 0.05) is 22.9 Å². The van der Waals surface area contributed by atoms with E-state index in [-0.39, 0.29) is 18.8 Å². The third-order valence-electron chi connectivity index (χ3n) is 4.88. The van der Waals surface area contributed by atoms with Gasteiger partial charge in [-0.05, 0) is 55.5 Å². The van der Waals surface area contributed by atoms with Crippen molar-refractivity contribution in [2.75, 3.05) is 19.0 Å². The number of nitrogens with zero attached hydrogens (tertiary/aromatic N) is 1. The zero-order valence-electron chi connectivity index (χ0n) is 19.2. The van der Waals surface area contributed by atoms with Crippen molar-refractivity contribution in [3.05, 3.63) is 94.8 Å². The van der Waals surface area contributed by atoms with Crippen LogP contribution >= 0.6 is 0 Å². The van der Waals surface area contributed by atoms with Crippen LogP contribution in [0.4, 0.5) is 10.1 Å². The van der Waals surface area contributed by atoms with Gasteiger partial charge in [-0.25, -0.2) is 9.18 Å². The number of rotatable bonds is 9. The Labute approximate surface area is 202 Å². The van der Waals surface area contributed by atoms with Gasteiger partial charge in [-0.1, -0.05) is 18.2 Å². The van der Waals surface area contributed by atoms with Crippen LogP contribution in [0.5, 0.6) is 11.5 Å². The second-order valence-electron chi connectivity index (χ2n) is 7.21. The van der Waals surface area contributed by atoms with Crippen LogP contribution < -0.4 is 14.8 Å². The zero-order valence-corrected chi connectivity index (χ0v) is 19.2. The number of nitrogens with one attached hydrogen (secondary N) is 1. The minimum atomic E-state index is -0.646. The lowest BCUT2D eigenvalue weighted by molar-refractivity contribution is -0.112. The highest BCUT2D eigenvalue weighted by Gasteiger charge is 2.14. The van der Waals surface area contributed by atoms with E-state index < -0.39 is 17.7 Å². The van der Waals surface area contributed by atoms with E-state index in [1.807, 2.05) is 6.07 Å². The van der Waals surface area contributed by atoms with Crippen LogP contribution in [0.3, 0.4) is 0 Å². The van der Waals surface area contributed by atoms with E-state index >= 15 is 0 Å². The highest BCUT2D eigenvalue weighted by Crippen LogP contribution is 2.28. The van der Waals surface area contributed by atoms with E-state index in [2.05, 4.69) is 5.32 Å². The van der Waals surface area contributed by atoms with Gasteiger partial charge in [0.2, 0.25) is 0 Å². The Morgan fingerprint density at radius 3 is 2.49 bits per heavy atom. The Bertz CT molecular complexity index is 1280. The van der Waals surface area contributed by atoms with Gasteiger partial charge in [0.05, 0.1) is 19.3 Å². The maximum absolute atomic E-state index is 14.0. The lowest BCUT2D eigenvalue weighted by Crippen LogP contribution is -2.14. The summed E-state index contributed by atoms with van der Waals surface area (Å²) in [6.45, 7) is 1.91. The quantitative estimate of drug-likeness (QED) is 0.262. The molecule has 1 amide bonds. The summed E-state index contributed by atoms with van der Waals surface area (Å²) in [5.41, 5.74) is 1.35. The highest BCUT2D eigenvalue weighted by atomic mass is 19.1. The molecule has 0 saturated heterocycles. The molecule has 0 heterocycles. The van der Waals surface area contributed by atoms with E-state index in [0.717, 1.165) is 0 Å². The van der Waals surface area contributed by atoms with E-state index in [9.17, 15) is 19.2 Å². The summed E-state index contributed by atoms with van der Waals surface area (Å²) in [6, 6.07) is 19.1. The van der Waals surface area contributed by atoms with Crippen molar-refractivity contribution in [3.63, 3.8) is 0 Å². The van der Waals surface area contributed by atoms with Crippen LogP contribution in [0.1, 0.15) is 28.4 Å². The first-order chi connectivity index (χ1) is 16.9. The van der Waals surface area contributed by atoms with Crippen LogP contribution in [0, 0.1) is 17.1 Å². The fourth-order valence-electron chi connectivity index (χ4n) is 3.06. The number of ether oxygens (including phenoxy) is 3. The molecule has 35 heavy (non-hydrogen) atoms. The maximum Gasteiger partial charge on any atom is 0.338 e. The number of methoxy groups -OCH3 is 1. The monoisotopic (exact) mass is 474 g/mol. The molecule has 0 fully saturated rings. The minimum absolute atomic E-state index is 0.0540. The van der Waals surface area contributed by atoms with E-state index in [0.29, 0.717) is 33.9 Å². The third kappa shape index (κ3) is 6.68. The molecule has 178 valence electrons. The second kappa shape index (κ2) is 12.0. The summed E-state index contributed by atoms with van der Waals surface area (Å²) < 4.78 is 29.9. The first-order valence-electron chi connectivity index (χ1n) is 10.7. The lowest BCUT2D eigenvalue weighted by atomic mass is 10.1. The largest absolute Gasteiger partial charge is 0.497 e. The Hall–Kier alpha value is -4.64. The van der Waals surface area contributed by atoms with Gasteiger partial charge in [-0.15, -0.1) is 0 Å². The second-order valence-corrected chi connectivity index (χ2v) is 7.21. The topological polar surface area (TPSA) is 97.7 Å². The number of nitriles is 1. The summed E-state index contributed by atoms with van der Waals surface area (Å²) in [6.07, 6.45) is 1.37. The van der Waals surface area contributed by atoms with E-state index in [1.54, 1.807) is 43.3 Å². The molecule has 0 aliphatic rings. The number of benzene rings is 3. The van der Waals surface area contributed by atoms with Gasteiger partial charge < -0.3 is 19.5 Å².